The SMILES string of the molecule is C[Si](C)(C)C#Cc1c[c-]ccc1.[Li+]. The quantitative estimate of drug-likeness (QED) is 0.293. The van der Waals surface area contributed by atoms with Gasteiger partial charge in [-0.25, -0.2) is 0 Å². The van der Waals surface area contributed by atoms with Crippen LogP contribution in [0.4, 0.5) is 0 Å². The predicted molar refractivity (Wildman–Crippen MR) is 55.5 cm³/mol. The van der Waals surface area contributed by atoms with Crippen LogP contribution in [0.2, 0.25) is 19.6 Å². The number of rotatable bonds is 0. The molecule has 0 atom stereocenters. The van der Waals surface area contributed by atoms with Crippen LogP contribution in [0.3, 0.4) is 0 Å². The van der Waals surface area contributed by atoms with Crippen molar-refractivity contribution in [3.05, 3.63) is 35.9 Å². The fraction of sp³-hybridized carbons (Fsp3) is 0.273. The summed E-state index contributed by atoms with van der Waals surface area (Å²) in [7, 11) is -1.22. The average molecular weight is 180 g/mol. The van der Waals surface area contributed by atoms with E-state index in [0.29, 0.717) is 0 Å². The molecule has 0 N–H and O–H groups in total. The maximum atomic E-state index is 3.31. The summed E-state index contributed by atoms with van der Waals surface area (Å²) in [5, 5.41) is 0. The topological polar surface area (TPSA) is 0 Å². The zero-order valence-electron chi connectivity index (χ0n) is 8.81. The van der Waals surface area contributed by atoms with E-state index in [1.807, 2.05) is 24.3 Å². The Kier molecular flexibility index (Phi) is 5.18. The van der Waals surface area contributed by atoms with Gasteiger partial charge in [-0.15, -0.1) is 11.5 Å². The van der Waals surface area contributed by atoms with Gasteiger partial charge in [0.15, 0.2) is 0 Å². The van der Waals surface area contributed by atoms with E-state index in [4.69, 9.17) is 0 Å². The summed E-state index contributed by atoms with van der Waals surface area (Å²) in [5.74, 6) is 3.17. The zero-order chi connectivity index (χ0) is 9.03. The van der Waals surface area contributed by atoms with Crippen molar-refractivity contribution in [2.75, 3.05) is 0 Å². The zero-order valence-corrected chi connectivity index (χ0v) is 9.81. The van der Waals surface area contributed by atoms with E-state index in [0.717, 1.165) is 5.56 Å². The van der Waals surface area contributed by atoms with Crippen LogP contribution in [0.25, 0.3) is 0 Å². The average Bonchev–Trinajstić information content (AvgIpc) is 2.02. The van der Waals surface area contributed by atoms with Gasteiger partial charge in [-0.2, -0.15) is 30.3 Å². The van der Waals surface area contributed by atoms with Crippen LogP contribution in [0, 0.1) is 17.5 Å². The summed E-state index contributed by atoms with van der Waals surface area (Å²) in [4.78, 5) is 0. The van der Waals surface area contributed by atoms with Gasteiger partial charge in [0, 0.05) is 0 Å². The van der Waals surface area contributed by atoms with Crippen molar-refractivity contribution in [2.24, 2.45) is 0 Å². The number of benzene rings is 1. The smallest absolute Gasteiger partial charge is 0.183 e. The van der Waals surface area contributed by atoms with Crippen molar-refractivity contribution in [2.45, 2.75) is 19.6 Å². The van der Waals surface area contributed by atoms with Crippen LogP contribution in [0.15, 0.2) is 24.3 Å². The summed E-state index contributed by atoms with van der Waals surface area (Å²) in [6.45, 7) is 6.73. The molecule has 0 spiro atoms. The second-order valence-corrected chi connectivity index (χ2v) is 8.54. The van der Waals surface area contributed by atoms with E-state index < -0.39 is 8.07 Å². The predicted octanol–water partition coefficient (Wildman–Crippen LogP) is -0.280. The van der Waals surface area contributed by atoms with Crippen LogP contribution in [0.1, 0.15) is 5.56 Å². The first-order valence-corrected chi connectivity index (χ1v) is 7.57. The second-order valence-electron chi connectivity index (χ2n) is 3.79. The molecule has 0 amide bonds. The molecule has 0 heterocycles. The van der Waals surface area contributed by atoms with E-state index in [-0.39, 0.29) is 18.9 Å². The van der Waals surface area contributed by atoms with Crippen molar-refractivity contribution >= 4 is 8.07 Å². The van der Waals surface area contributed by atoms with E-state index in [9.17, 15) is 0 Å². The molecule has 0 saturated heterocycles. The Labute approximate surface area is 93.9 Å². The van der Waals surface area contributed by atoms with E-state index >= 15 is 0 Å². The third-order valence-corrected chi connectivity index (χ3v) is 2.16. The first-order chi connectivity index (χ1) is 5.58. The molecule has 0 bridgehead atoms. The minimum Gasteiger partial charge on any atom is -0.183 e. The van der Waals surface area contributed by atoms with E-state index in [2.05, 4.69) is 37.2 Å². The summed E-state index contributed by atoms with van der Waals surface area (Å²) >= 11 is 0. The molecule has 0 aliphatic carbocycles. The largest absolute Gasteiger partial charge is 1.00 e. The molecule has 0 aromatic heterocycles. The summed E-state index contributed by atoms with van der Waals surface area (Å²) in [5.41, 5.74) is 4.38. The summed E-state index contributed by atoms with van der Waals surface area (Å²) in [6, 6.07) is 10.8. The summed E-state index contributed by atoms with van der Waals surface area (Å²) in [6.07, 6.45) is 0. The van der Waals surface area contributed by atoms with Gasteiger partial charge in [0.1, 0.15) is 8.07 Å². The van der Waals surface area contributed by atoms with Gasteiger partial charge in [0.25, 0.3) is 0 Å². The van der Waals surface area contributed by atoms with Gasteiger partial charge < -0.3 is 0 Å². The van der Waals surface area contributed by atoms with E-state index in [1.54, 1.807) is 0 Å². The van der Waals surface area contributed by atoms with Crippen molar-refractivity contribution in [1.82, 2.24) is 0 Å². The van der Waals surface area contributed by atoms with Gasteiger partial charge in [-0.05, 0) is 0 Å². The standard InChI is InChI=1S/C11H13Si.Li/c1-12(2,3)10-9-11-7-5-4-6-8-11;/h4-5,7-8H,1-3H3;/q-1;+1. The van der Waals surface area contributed by atoms with Gasteiger partial charge in [0.05, 0.1) is 0 Å². The van der Waals surface area contributed by atoms with Crippen LogP contribution < -0.4 is 18.9 Å². The molecule has 0 aliphatic heterocycles. The normalized spacial score (nSPS) is 9.46. The third kappa shape index (κ3) is 5.78. The Morgan fingerprint density at radius 2 is 2.00 bits per heavy atom. The molecule has 1 rings (SSSR count). The van der Waals surface area contributed by atoms with Crippen LogP contribution in [-0.4, -0.2) is 8.07 Å². The van der Waals surface area contributed by atoms with Crippen molar-refractivity contribution in [3.8, 4) is 11.5 Å². The third-order valence-electron chi connectivity index (χ3n) is 1.29. The fourth-order valence-corrected chi connectivity index (χ4v) is 1.25. The van der Waals surface area contributed by atoms with Crippen molar-refractivity contribution in [1.29, 1.82) is 0 Å². The van der Waals surface area contributed by atoms with Gasteiger partial charge in [-0.3, -0.25) is 0 Å². The van der Waals surface area contributed by atoms with Crippen LogP contribution in [-0.2, 0) is 0 Å². The van der Waals surface area contributed by atoms with Crippen LogP contribution >= 0.6 is 0 Å². The molecule has 0 saturated carbocycles. The fourth-order valence-electron chi connectivity index (χ4n) is 0.731. The van der Waals surface area contributed by atoms with Gasteiger partial charge in [-0.1, -0.05) is 25.2 Å². The van der Waals surface area contributed by atoms with Gasteiger partial charge >= 0.3 is 18.9 Å². The molecule has 0 radical (unpaired) electrons. The van der Waals surface area contributed by atoms with Crippen molar-refractivity contribution in [3.63, 3.8) is 0 Å². The maximum Gasteiger partial charge on any atom is 1.00 e. The second kappa shape index (κ2) is 5.35. The molecule has 0 aliphatic rings. The Balaban J connectivity index is 0.00000144. The molecule has 13 heavy (non-hydrogen) atoms. The molecular weight excluding hydrogens is 167 g/mol. The minimum atomic E-state index is -1.22. The Morgan fingerprint density at radius 1 is 1.31 bits per heavy atom. The monoisotopic (exact) mass is 180 g/mol. The molecule has 1 aromatic carbocycles. The molecule has 2 heteroatoms. The minimum absolute atomic E-state index is 0. The van der Waals surface area contributed by atoms with Crippen LogP contribution in [0.5, 0.6) is 0 Å². The van der Waals surface area contributed by atoms with Gasteiger partial charge in [0.2, 0.25) is 0 Å². The Morgan fingerprint density at radius 3 is 2.46 bits per heavy atom. The molecule has 0 nitrogen and oxygen atoms in total. The van der Waals surface area contributed by atoms with E-state index in [1.165, 1.54) is 0 Å². The molecule has 1 aromatic rings. The van der Waals surface area contributed by atoms with Crippen molar-refractivity contribution < 1.29 is 18.9 Å². The molecule has 0 fully saturated rings. The number of hydrogen-bond donors (Lipinski definition) is 0. The maximum absolute atomic E-state index is 3.31. The molecule has 0 unspecified atom stereocenters. The Bertz CT molecular complexity index is 300. The summed E-state index contributed by atoms with van der Waals surface area (Å²) < 4.78 is 0. The molecular formula is C11H13LiSi. The molecule has 62 valence electrons. The Hall–Kier alpha value is -0.406. The number of hydrogen-bond acceptors (Lipinski definition) is 0. The first-order valence-electron chi connectivity index (χ1n) is 4.07. The first kappa shape index (κ1) is 12.6.